The third-order valence-electron chi connectivity index (χ3n) is 5.56. The van der Waals surface area contributed by atoms with Crippen LogP contribution in [0.2, 0.25) is 5.02 Å². The number of carbonyl (C=O) groups is 1. The summed E-state index contributed by atoms with van der Waals surface area (Å²) in [7, 11) is 0. The normalized spacial score (nSPS) is 15.4. The van der Waals surface area contributed by atoms with E-state index in [1.54, 1.807) is 18.2 Å². The molecular weight excluding hydrogens is 474 g/mol. The Hall–Kier alpha value is -3.23. The molecule has 1 atom stereocenters. The molecular formula is C25H22ClN3O4S. The molecule has 0 spiro atoms. The highest BCUT2D eigenvalue weighted by molar-refractivity contribution is 7.15. The van der Waals surface area contributed by atoms with E-state index < -0.39 is 11.9 Å². The van der Waals surface area contributed by atoms with Crippen LogP contribution in [0.5, 0.6) is 5.75 Å². The van der Waals surface area contributed by atoms with Crippen LogP contribution in [0, 0.1) is 5.92 Å². The van der Waals surface area contributed by atoms with Crippen molar-refractivity contribution in [1.29, 1.82) is 0 Å². The zero-order chi connectivity index (χ0) is 24.0. The maximum atomic E-state index is 13.7. The number of aromatic nitrogens is 2. The topological polar surface area (TPSA) is 85.5 Å². The van der Waals surface area contributed by atoms with Gasteiger partial charge in [-0.2, -0.15) is 0 Å². The summed E-state index contributed by atoms with van der Waals surface area (Å²) in [4.78, 5) is 28.8. The highest BCUT2D eigenvalue weighted by Crippen LogP contribution is 2.43. The van der Waals surface area contributed by atoms with Gasteiger partial charge in [0.25, 0.3) is 5.91 Å². The van der Waals surface area contributed by atoms with Crippen LogP contribution in [0.25, 0.3) is 11.0 Å². The van der Waals surface area contributed by atoms with Crippen LogP contribution >= 0.6 is 22.9 Å². The van der Waals surface area contributed by atoms with Gasteiger partial charge in [-0.25, -0.2) is 0 Å². The minimum atomic E-state index is -0.734. The van der Waals surface area contributed by atoms with E-state index >= 15 is 0 Å². The largest absolute Gasteiger partial charge is 0.494 e. The first-order valence-corrected chi connectivity index (χ1v) is 12.2. The molecule has 9 heteroatoms. The summed E-state index contributed by atoms with van der Waals surface area (Å²) in [6.45, 7) is 6.58. The van der Waals surface area contributed by atoms with Gasteiger partial charge in [0.15, 0.2) is 5.43 Å². The van der Waals surface area contributed by atoms with E-state index in [1.807, 2.05) is 31.2 Å². The van der Waals surface area contributed by atoms with Gasteiger partial charge in [0.05, 0.1) is 23.6 Å². The quantitative estimate of drug-likeness (QED) is 0.344. The molecule has 1 aliphatic rings. The fourth-order valence-corrected chi connectivity index (χ4v) is 5.42. The van der Waals surface area contributed by atoms with E-state index in [1.165, 1.54) is 16.2 Å². The molecule has 0 fully saturated rings. The van der Waals surface area contributed by atoms with Crippen molar-refractivity contribution in [2.24, 2.45) is 5.92 Å². The molecule has 4 aromatic rings. The van der Waals surface area contributed by atoms with Gasteiger partial charge >= 0.3 is 0 Å². The van der Waals surface area contributed by atoms with Gasteiger partial charge in [0.1, 0.15) is 16.3 Å². The fraction of sp³-hybridized carbons (Fsp3) is 0.280. The number of hydrogen-bond donors (Lipinski definition) is 0. The van der Waals surface area contributed by atoms with Crippen LogP contribution in [0.15, 0.2) is 51.7 Å². The second-order valence-corrected chi connectivity index (χ2v) is 9.95. The van der Waals surface area contributed by atoms with Gasteiger partial charge in [-0.15, -0.1) is 10.2 Å². The van der Waals surface area contributed by atoms with Crippen molar-refractivity contribution in [3.05, 3.63) is 79.6 Å². The lowest BCUT2D eigenvalue weighted by molar-refractivity contribution is 0.0970. The number of amides is 1. The molecule has 0 aliphatic carbocycles. The molecule has 2 aromatic heterocycles. The van der Waals surface area contributed by atoms with E-state index in [9.17, 15) is 9.59 Å². The predicted molar refractivity (Wildman–Crippen MR) is 132 cm³/mol. The standard InChI is InChI=1S/C25H22ClN3O4S/c1-4-32-16-7-5-6-14(11-16)21-20-22(30)17-12-15(26)8-9-18(17)33-23(20)24(31)29(21)25-28-27-19(34-25)10-13(2)3/h5-9,11-13,21H,4,10H2,1-3H3. The molecule has 0 N–H and O–H groups in total. The molecule has 0 bridgehead atoms. The smallest absolute Gasteiger partial charge is 0.297 e. The fourth-order valence-electron chi connectivity index (χ4n) is 4.17. The molecule has 0 saturated carbocycles. The Morgan fingerprint density at radius 3 is 2.76 bits per heavy atom. The number of ether oxygens (including phenoxy) is 1. The van der Waals surface area contributed by atoms with Crippen LogP contribution in [0.4, 0.5) is 5.13 Å². The Labute approximate surface area is 204 Å². The molecule has 2 aromatic carbocycles. The van der Waals surface area contributed by atoms with Gasteiger partial charge in [-0.05, 0) is 48.7 Å². The predicted octanol–water partition coefficient (Wildman–Crippen LogP) is 5.64. The Morgan fingerprint density at radius 1 is 1.18 bits per heavy atom. The zero-order valence-electron chi connectivity index (χ0n) is 18.9. The first kappa shape index (κ1) is 22.6. The summed E-state index contributed by atoms with van der Waals surface area (Å²) in [6.07, 6.45) is 0.747. The number of halogens is 1. The average Bonchev–Trinajstić information content (AvgIpc) is 3.36. The molecule has 174 valence electrons. The van der Waals surface area contributed by atoms with Gasteiger partial charge in [0, 0.05) is 11.4 Å². The molecule has 0 radical (unpaired) electrons. The number of anilines is 1. The Kier molecular flexibility index (Phi) is 5.87. The number of benzene rings is 2. The number of carbonyl (C=O) groups excluding carboxylic acids is 1. The molecule has 3 heterocycles. The second kappa shape index (κ2) is 8.85. The highest BCUT2D eigenvalue weighted by Gasteiger charge is 2.45. The molecule has 1 aliphatic heterocycles. The van der Waals surface area contributed by atoms with Gasteiger partial charge < -0.3 is 9.15 Å². The third kappa shape index (κ3) is 3.86. The van der Waals surface area contributed by atoms with E-state index in [0.717, 1.165) is 11.4 Å². The maximum absolute atomic E-state index is 13.7. The van der Waals surface area contributed by atoms with E-state index in [4.69, 9.17) is 20.8 Å². The van der Waals surface area contributed by atoms with E-state index in [0.29, 0.717) is 45.0 Å². The average molecular weight is 496 g/mol. The van der Waals surface area contributed by atoms with E-state index in [-0.39, 0.29) is 16.8 Å². The Morgan fingerprint density at radius 2 is 2.00 bits per heavy atom. The van der Waals surface area contributed by atoms with Crippen LogP contribution in [-0.2, 0) is 6.42 Å². The summed E-state index contributed by atoms with van der Waals surface area (Å²) in [5.74, 6) is 0.617. The number of nitrogens with zero attached hydrogens (tertiary/aromatic N) is 3. The lowest BCUT2D eigenvalue weighted by atomic mass is 9.98. The van der Waals surface area contributed by atoms with Crippen molar-refractivity contribution in [1.82, 2.24) is 10.2 Å². The summed E-state index contributed by atoms with van der Waals surface area (Å²) >= 11 is 7.50. The van der Waals surface area contributed by atoms with Crippen LogP contribution < -0.4 is 15.1 Å². The molecule has 1 amide bonds. The van der Waals surface area contributed by atoms with Crippen molar-refractivity contribution >= 4 is 44.9 Å². The number of rotatable bonds is 6. The Bertz CT molecular complexity index is 1460. The van der Waals surface area contributed by atoms with Gasteiger partial charge in [-0.3, -0.25) is 14.5 Å². The highest BCUT2D eigenvalue weighted by atomic mass is 35.5. The van der Waals surface area contributed by atoms with Crippen molar-refractivity contribution in [2.45, 2.75) is 33.2 Å². The van der Waals surface area contributed by atoms with Crippen molar-refractivity contribution in [3.63, 3.8) is 0 Å². The molecule has 7 nitrogen and oxygen atoms in total. The number of hydrogen-bond acceptors (Lipinski definition) is 7. The second-order valence-electron chi connectivity index (χ2n) is 8.47. The maximum Gasteiger partial charge on any atom is 0.297 e. The summed E-state index contributed by atoms with van der Waals surface area (Å²) in [5, 5.41) is 10.6. The van der Waals surface area contributed by atoms with Crippen LogP contribution in [-0.4, -0.2) is 22.7 Å². The number of fused-ring (bicyclic) bond motifs is 2. The summed E-state index contributed by atoms with van der Waals surface area (Å²) in [6, 6.07) is 11.4. The van der Waals surface area contributed by atoms with Crippen LogP contribution in [0.3, 0.4) is 0 Å². The van der Waals surface area contributed by atoms with Gasteiger partial charge in [0.2, 0.25) is 10.9 Å². The summed E-state index contributed by atoms with van der Waals surface area (Å²) < 4.78 is 11.7. The minimum absolute atomic E-state index is 0.00671. The third-order valence-corrected chi connectivity index (χ3v) is 6.74. The monoisotopic (exact) mass is 495 g/mol. The van der Waals surface area contributed by atoms with Crippen molar-refractivity contribution in [3.8, 4) is 5.75 Å². The minimum Gasteiger partial charge on any atom is -0.494 e. The van der Waals surface area contributed by atoms with Crippen molar-refractivity contribution < 1.29 is 13.9 Å². The SMILES string of the molecule is CCOc1cccc(C2c3c(oc4ccc(Cl)cc4c3=O)C(=O)N2c2nnc(CC(C)C)s2)c1. The summed E-state index contributed by atoms with van der Waals surface area (Å²) in [5.41, 5.74) is 0.984. The molecule has 0 saturated heterocycles. The van der Waals surface area contributed by atoms with Crippen molar-refractivity contribution in [2.75, 3.05) is 11.5 Å². The lowest BCUT2D eigenvalue weighted by Gasteiger charge is -2.22. The molecule has 1 unspecified atom stereocenters. The van der Waals surface area contributed by atoms with Crippen LogP contribution in [0.1, 0.15) is 53.5 Å². The molecule has 5 rings (SSSR count). The Balaban J connectivity index is 1.73. The first-order chi connectivity index (χ1) is 16.4. The zero-order valence-corrected chi connectivity index (χ0v) is 20.4. The lowest BCUT2D eigenvalue weighted by Crippen LogP contribution is -2.29. The molecule has 34 heavy (non-hydrogen) atoms. The van der Waals surface area contributed by atoms with Gasteiger partial charge in [-0.1, -0.05) is 48.9 Å². The van der Waals surface area contributed by atoms with E-state index in [2.05, 4.69) is 24.0 Å². The first-order valence-electron chi connectivity index (χ1n) is 11.0.